The highest BCUT2D eigenvalue weighted by Crippen LogP contribution is 2.30. The molecule has 0 aromatic carbocycles. The van der Waals surface area contributed by atoms with E-state index >= 15 is 0 Å². The lowest BCUT2D eigenvalue weighted by atomic mass is 9.94. The molecular weight excluding hydrogens is 160 g/mol. The lowest BCUT2D eigenvalue weighted by Gasteiger charge is -2.23. The van der Waals surface area contributed by atoms with Crippen LogP contribution in [0, 0.1) is 0 Å². The molecule has 0 bridgehead atoms. The normalized spacial score (nSPS) is 20.7. The lowest BCUT2D eigenvalue weighted by Crippen LogP contribution is -2.09. The standard InChI is InChI=1S/C10H14O.C2H6/c1-8-4-5-10-9(7-8)3-2-6-11-10;1-2/h7H,2-6H2,1H3;1-2H3. The Morgan fingerprint density at radius 3 is 2.69 bits per heavy atom. The van der Waals surface area contributed by atoms with E-state index in [-0.39, 0.29) is 0 Å². The highest BCUT2D eigenvalue weighted by Gasteiger charge is 2.15. The molecule has 0 spiro atoms. The zero-order chi connectivity index (χ0) is 9.68. The number of hydrogen-bond donors (Lipinski definition) is 0. The van der Waals surface area contributed by atoms with Crippen molar-refractivity contribution >= 4 is 0 Å². The van der Waals surface area contributed by atoms with Gasteiger partial charge in [-0.2, -0.15) is 0 Å². The predicted molar refractivity (Wildman–Crippen MR) is 56.6 cm³/mol. The third kappa shape index (κ3) is 2.61. The van der Waals surface area contributed by atoms with Gasteiger partial charge in [-0.05, 0) is 31.8 Å². The maximum Gasteiger partial charge on any atom is 0.0994 e. The van der Waals surface area contributed by atoms with Crippen LogP contribution in [0.15, 0.2) is 23.0 Å². The molecule has 0 atom stereocenters. The molecule has 1 heteroatoms. The van der Waals surface area contributed by atoms with Gasteiger partial charge in [0.25, 0.3) is 0 Å². The van der Waals surface area contributed by atoms with E-state index in [1.165, 1.54) is 36.2 Å². The first-order chi connectivity index (χ1) is 6.36. The van der Waals surface area contributed by atoms with E-state index < -0.39 is 0 Å². The average Bonchev–Trinajstić information content (AvgIpc) is 2.21. The maximum absolute atomic E-state index is 5.57. The Morgan fingerprint density at radius 1 is 1.15 bits per heavy atom. The van der Waals surface area contributed by atoms with E-state index in [9.17, 15) is 0 Å². The molecule has 0 aromatic rings. The summed E-state index contributed by atoms with van der Waals surface area (Å²) >= 11 is 0. The van der Waals surface area contributed by atoms with E-state index in [1.54, 1.807) is 0 Å². The van der Waals surface area contributed by atoms with Crippen LogP contribution >= 0.6 is 0 Å². The summed E-state index contributed by atoms with van der Waals surface area (Å²) in [6, 6.07) is 0. The van der Waals surface area contributed by atoms with Crippen LogP contribution in [0.25, 0.3) is 0 Å². The molecule has 2 aliphatic rings. The van der Waals surface area contributed by atoms with Gasteiger partial charge in [-0.1, -0.05) is 25.5 Å². The van der Waals surface area contributed by atoms with Gasteiger partial charge in [0.2, 0.25) is 0 Å². The van der Waals surface area contributed by atoms with Crippen LogP contribution < -0.4 is 0 Å². The van der Waals surface area contributed by atoms with Gasteiger partial charge in [0.15, 0.2) is 0 Å². The Bertz CT molecular complexity index is 223. The molecule has 0 amide bonds. The topological polar surface area (TPSA) is 9.23 Å². The molecule has 0 saturated carbocycles. The van der Waals surface area contributed by atoms with Gasteiger partial charge < -0.3 is 4.74 Å². The van der Waals surface area contributed by atoms with Gasteiger partial charge in [-0.15, -0.1) is 0 Å². The van der Waals surface area contributed by atoms with E-state index in [2.05, 4.69) is 13.0 Å². The first-order valence-electron chi connectivity index (χ1n) is 5.38. The molecule has 0 saturated heterocycles. The van der Waals surface area contributed by atoms with Crippen molar-refractivity contribution in [2.24, 2.45) is 0 Å². The van der Waals surface area contributed by atoms with Crippen molar-refractivity contribution in [3.8, 4) is 0 Å². The minimum Gasteiger partial charge on any atom is -0.498 e. The van der Waals surface area contributed by atoms with Gasteiger partial charge in [0.05, 0.1) is 12.4 Å². The van der Waals surface area contributed by atoms with Crippen LogP contribution in [0.4, 0.5) is 0 Å². The Kier molecular flexibility index (Phi) is 4.07. The molecule has 2 rings (SSSR count). The molecule has 0 aromatic heterocycles. The third-order valence-electron chi connectivity index (χ3n) is 2.39. The molecule has 0 fully saturated rings. The van der Waals surface area contributed by atoms with Crippen LogP contribution in [-0.2, 0) is 4.74 Å². The van der Waals surface area contributed by atoms with Crippen LogP contribution in [0.5, 0.6) is 0 Å². The number of allylic oxidation sites excluding steroid dienone is 4. The summed E-state index contributed by atoms with van der Waals surface area (Å²) in [5, 5.41) is 0. The van der Waals surface area contributed by atoms with Crippen LogP contribution in [-0.4, -0.2) is 6.61 Å². The van der Waals surface area contributed by atoms with Gasteiger partial charge in [-0.3, -0.25) is 0 Å². The SMILES string of the molecule is CC.CC1=CC2=C(CC1)OCCC2. The van der Waals surface area contributed by atoms with Crippen molar-refractivity contribution in [2.75, 3.05) is 6.61 Å². The molecule has 74 valence electrons. The van der Waals surface area contributed by atoms with Crippen molar-refractivity contribution in [3.05, 3.63) is 23.0 Å². The zero-order valence-electron chi connectivity index (χ0n) is 9.02. The van der Waals surface area contributed by atoms with Gasteiger partial charge in [0.1, 0.15) is 0 Å². The van der Waals surface area contributed by atoms with Gasteiger partial charge >= 0.3 is 0 Å². The fourth-order valence-electron chi connectivity index (χ4n) is 1.76. The summed E-state index contributed by atoms with van der Waals surface area (Å²) in [6.07, 6.45) is 7.06. The molecule has 0 unspecified atom stereocenters. The Labute approximate surface area is 81.5 Å². The monoisotopic (exact) mass is 180 g/mol. The van der Waals surface area contributed by atoms with Crippen molar-refractivity contribution in [3.63, 3.8) is 0 Å². The minimum absolute atomic E-state index is 0.936. The molecule has 1 aliphatic carbocycles. The summed E-state index contributed by atoms with van der Waals surface area (Å²) in [5.74, 6) is 1.27. The summed E-state index contributed by atoms with van der Waals surface area (Å²) in [4.78, 5) is 0. The Hall–Kier alpha value is -0.720. The lowest BCUT2D eigenvalue weighted by molar-refractivity contribution is 0.178. The quantitative estimate of drug-likeness (QED) is 0.550. The summed E-state index contributed by atoms with van der Waals surface area (Å²) < 4.78 is 5.57. The van der Waals surface area contributed by atoms with Crippen molar-refractivity contribution in [2.45, 2.75) is 46.5 Å². The summed E-state index contributed by atoms with van der Waals surface area (Å²) in [5.41, 5.74) is 2.97. The fraction of sp³-hybridized carbons (Fsp3) is 0.667. The largest absolute Gasteiger partial charge is 0.498 e. The summed E-state index contributed by atoms with van der Waals surface area (Å²) in [6.45, 7) is 7.14. The van der Waals surface area contributed by atoms with Gasteiger partial charge in [-0.25, -0.2) is 0 Å². The second-order valence-electron chi connectivity index (χ2n) is 3.39. The van der Waals surface area contributed by atoms with Crippen molar-refractivity contribution < 1.29 is 4.74 Å². The molecule has 0 N–H and O–H groups in total. The van der Waals surface area contributed by atoms with Crippen molar-refractivity contribution in [1.82, 2.24) is 0 Å². The van der Waals surface area contributed by atoms with Crippen LogP contribution in [0.3, 0.4) is 0 Å². The van der Waals surface area contributed by atoms with Crippen LogP contribution in [0.1, 0.15) is 46.5 Å². The molecule has 1 aliphatic heterocycles. The number of rotatable bonds is 0. The predicted octanol–water partition coefficient (Wildman–Crippen LogP) is 3.82. The molecule has 1 heterocycles. The molecule has 1 nitrogen and oxygen atoms in total. The molecular formula is C12H20O. The second-order valence-corrected chi connectivity index (χ2v) is 3.39. The van der Waals surface area contributed by atoms with Crippen LogP contribution in [0.2, 0.25) is 0 Å². The second kappa shape index (κ2) is 5.11. The highest BCUT2D eigenvalue weighted by atomic mass is 16.5. The number of ether oxygens (including phenoxy) is 1. The van der Waals surface area contributed by atoms with E-state index in [0.717, 1.165) is 13.0 Å². The Morgan fingerprint density at radius 2 is 1.92 bits per heavy atom. The fourth-order valence-corrected chi connectivity index (χ4v) is 1.76. The zero-order valence-corrected chi connectivity index (χ0v) is 9.02. The minimum atomic E-state index is 0.936. The van der Waals surface area contributed by atoms with E-state index in [4.69, 9.17) is 4.74 Å². The average molecular weight is 180 g/mol. The maximum atomic E-state index is 5.57. The van der Waals surface area contributed by atoms with E-state index in [0.29, 0.717) is 0 Å². The Balaban J connectivity index is 0.000000396. The number of hydrogen-bond acceptors (Lipinski definition) is 1. The third-order valence-corrected chi connectivity index (χ3v) is 2.39. The van der Waals surface area contributed by atoms with E-state index in [1.807, 2.05) is 13.8 Å². The van der Waals surface area contributed by atoms with Gasteiger partial charge in [0, 0.05) is 6.42 Å². The smallest absolute Gasteiger partial charge is 0.0994 e. The van der Waals surface area contributed by atoms with Crippen molar-refractivity contribution in [1.29, 1.82) is 0 Å². The highest BCUT2D eigenvalue weighted by molar-refractivity contribution is 5.31. The summed E-state index contributed by atoms with van der Waals surface area (Å²) in [7, 11) is 0. The first-order valence-corrected chi connectivity index (χ1v) is 5.38. The first kappa shape index (κ1) is 10.4. The molecule has 0 radical (unpaired) electrons. The molecule has 13 heavy (non-hydrogen) atoms.